The third-order valence-electron chi connectivity index (χ3n) is 7.48. The van der Waals surface area contributed by atoms with Crippen LogP contribution >= 0.6 is 0 Å². The second-order valence-corrected chi connectivity index (χ2v) is 9.98. The molecule has 0 N–H and O–H groups in total. The third-order valence-corrected chi connectivity index (χ3v) is 7.48. The van der Waals surface area contributed by atoms with Crippen molar-refractivity contribution >= 4 is 11.8 Å². The number of methoxy groups -OCH3 is 1. The third kappa shape index (κ3) is 5.33. The van der Waals surface area contributed by atoms with Crippen molar-refractivity contribution in [1.29, 1.82) is 0 Å². The van der Waals surface area contributed by atoms with E-state index < -0.39 is 6.04 Å². The summed E-state index contributed by atoms with van der Waals surface area (Å²) in [5.41, 5.74) is 1.60. The van der Waals surface area contributed by atoms with Gasteiger partial charge in [0, 0.05) is 12.6 Å². The Hall–Kier alpha value is -3.42. The molecule has 1 aliphatic carbocycles. The van der Waals surface area contributed by atoms with Crippen LogP contribution in [0.1, 0.15) is 69.0 Å². The first-order valence-electron chi connectivity index (χ1n) is 13.4. The Labute approximate surface area is 218 Å². The van der Waals surface area contributed by atoms with Gasteiger partial charge in [-0.2, -0.15) is 0 Å². The zero-order valence-corrected chi connectivity index (χ0v) is 21.7. The molecule has 2 aliphatic heterocycles. The number of piperazine rings is 1. The first-order valence-corrected chi connectivity index (χ1v) is 13.4. The standard InChI is InChI=1S/C29H36N2O6/c1-3-14-35-23-13-11-21(16-25(23)34-2)28-29(33)30(22-8-6-4-5-7-9-22)18-27(32)31(28)17-20-10-12-24-26(15-20)37-19-36-24/h10-13,15-16,22,28H,3-9,14,17-19H2,1-2H3/t28-/m0/s1. The van der Waals surface area contributed by atoms with Gasteiger partial charge in [-0.1, -0.05) is 44.7 Å². The van der Waals surface area contributed by atoms with Gasteiger partial charge in [0.05, 0.1) is 13.7 Å². The highest BCUT2D eigenvalue weighted by molar-refractivity contribution is 5.96. The second-order valence-electron chi connectivity index (χ2n) is 9.98. The van der Waals surface area contributed by atoms with Crippen molar-refractivity contribution < 1.29 is 28.5 Å². The Bertz CT molecular complexity index is 1130. The van der Waals surface area contributed by atoms with Crippen LogP contribution < -0.4 is 18.9 Å². The molecule has 2 aromatic rings. The summed E-state index contributed by atoms with van der Waals surface area (Å²) in [6, 6.07) is 10.6. The van der Waals surface area contributed by atoms with Crippen LogP contribution in [0.15, 0.2) is 36.4 Å². The Morgan fingerprint density at radius 2 is 1.73 bits per heavy atom. The molecule has 2 aromatic carbocycles. The fourth-order valence-corrected chi connectivity index (χ4v) is 5.55. The second kappa shape index (κ2) is 11.3. The van der Waals surface area contributed by atoms with Crippen LogP contribution in [0.2, 0.25) is 0 Å². The monoisotopic (exact) mass is 508 g/mol. The van der Waals surface area contributed by atoms with Gasteiger partial charge in [0.2, 0.25) is 12.7 Å². The van der Waals surface area contributed by atoms with Crippen LogP contribution in [0.3, 0.4) is 0 Å². The van der Waals surface area contributed by atoms with E-state index in [9.17, 15) is 9.59 Å². The molecule has 2 heterocycles. The molecule has 2 fully saturated rings. The number of carbonyl (C=O) groups excluding carboxylic acids is 2. The van der Waals surface area contributed by atoms with Gasteiger partial charge in [-0.25, -0.2) is 0 Å². The predicted molar refractivity (Wildman–Crippen MR) is 138 cm³/mol. The smallest absolute Gasteiger partial charge is 0.250 e. The van der Waals surface area contributed by atoms with Gasteiger partial charge in [0.25, 0.3) is 5.91 Å². The van der Waals surface area contributed by atoms with Crippen molar-refractivity contribution in [3.05, 3.63) is 47.5 Å². The summed E-state index contributed by atoms with van der Waals surface area (Å²) < 4.78 is 22.4. The van der Waals surface area contributed by atoms with Crippen molar-refractivity contribution in [2.75, 3.05) is 27.1 Å². The Morgan fingerprint density at radius 1 is 0.946 bits per heavy atom. The molecule has 1 saturated carbocycles. The molecule has 1 saturated heterocycles. The van der Waals surface area contributed by atoms with E-state index in [1.807, 2.05) is 48.2 Å². The number of ether oxygens (including phenoxy) is 4. The largest absolute Gasteiger partial charge is 0.493 e. The zero-order chi connectivity index (χ0) is 25.8. The van der Waals surface area contributed by atoms with Gasteiger partial charge in [0.15, 0.2) is 23.0 Å². The quantitative estimate of drug-likeness (QED) is 0.475. The Balaban J connectivity index is 1.49. The summed E-state index contributed by atoms with van der Waals surface area (Å²) in [6.45, 7) is 3.21. The summed E-state index contributed by atoms with van der Waals surface area (Å²) in [6.07, 6.45) is 7.31. The molecule has 8 heteroatoms. The minimum absolute atomic E-state index is 0.0310. The summed E-state index contributed by atoms with van der Waals surface area (Å²) >= 11 is 0. The summed E-state index contributed by atoms with van der Waals surface area (Å²) in [7, 11) is 1.59. The van der Waals surface area contributed by atoms with Gasteiger partial charge in [0.1, 0.15) is 12.6 Å². The molecule has 5 rings (SSSR count). The average molecular weight is 509 g/mol. The molecule has 0 spiro atoms. The van der Waals surface area contributed by atoms with Gasteiger partial charge < -0.3 is 28.7 Å². The normalized spacial score (nSPS) is 20.2. The van der Waals surface area contributed by atoms with Crippen LogP contribution in [-0.2, 0) is 16.1 Å². The minimum atomic E-state index is -0.746. The number of hydrogen-bond donors (Lipinski definition) is 0. The molecule has 8 nitrogen and oxygen atoms in total. The van der Waals surface area contributed by atoms with E-state index in [-0.39, 0.29) is 31.2 Å². The van der Waals surface area contributed by atoms with E-state index in [1.165, 1.54) is 12.8 Å². The van der Waals surface area contributed by atoms with Gasteiger partial charge in [-0.05, 0) is 54.7 Å². The minimum Gasteiger partial charge on any atom is -0.493 e. The van der Waals surface area contributed by atoms with Crippen LogP contribution in [0.5, 0.6) is 23.0 Å². The van der Waals surface area contributed by atoms with Crippen molar-refractivity contribution in [2.45, 2.75) is 70.5 Å². The predicted octanol–water partition coefficient (Wildman–Crippen LogP) is 4.85. The molecular formula is C29H36N2O6. The summed E-state index contributed by atoms with van der Waals surface area (Å²) in [5, 5.41) is 0. The average Bonchev–Trinajstić information content (AvgIpc) is 3.21. The lowest BCUT2D eigenvalue weighted by Gasteiger charge is -2.43. The van der Waals surface area contributed by atoms with Crippen molar-refractivity contribution in [2.24, 2.45) is 0 Å². The van der Waals surface area contributed by atoms with Gasteiger partial charge in [-0.3, -0.25) is 9.59 Å². The van der Waals surface area contributed by atoms with Crippen LogP contribution in [-0.4, -0.2) is 54.7 Å². The summed E-state index contributed by atoms with van der Waals surface area (Å²) in [5.74, 6) is 2.44. The van der Waals surface area contributed by atoms with Crippen molar-refractivity contribution in [3.63, 3.8) is 0 Å². The lowest BCUT2D eigenvalue weighted by Crippen LogP contribution is -2.57. The van der Waals surface area contributed by atoms with Crippen molar-refractivity contribution in [3.8, 4) is 23.0 Å². The number of hydrogen-bond acceptors (Lipinski definition) is 6. The lowest BCUT2D eigenvalue weighted by atomic mass is 9.96. The highest BCUT2D eigenvalue weighted by Gasteiger charge is 2.43. The van der Waals surface area contributed by atoms with E-state index >= 15 is 0 Å². The number of fused-ring (bicyclic) bond motifs is 1. The molecule has 0 bridgehead atoms. The number of benzene rings is 2. The van der Waals surface area contributed by atoms with E-state index in [4.69, 9.17) is 18.9 Å². The van der Waals surface area contributed by atoms with E-state index in [0.29, 0.717) is 36.1 Å². The SMILES string of the molecule is CCCOc1ccc([C@H]2C(=O)N(C3CCCCCC3)CC(=O)N2Cc2ccc3c(c2)OCO3)cc1OC. The fraction of sp³-hybridized carbons (Fsp3) is 0.517. The molecule has 0 aromatic heterocycles. The van der Waals surface area contributed by atoms with Gasteiger partial charge in [-0.15, -0.1) is 0 Å². The molecule has 0 unspecified atom stereocenters. The first kappa shape index (κ1) is 25.2. The van der Waals surface area contributed by atoms with Crippen LogP contribution in [0.25, 0.3) is 0 Å². The van der Waals surface area contributed by atoms with Gasteiger partial charge >= 0.3 is 0 Å². The van der Waals surface area contributed by atoms with Crippen LogP contribution in [0.4, 0.5) is 0 Å². The van der Waals surface area contributed by atoms with Crippen molar-refractivity contribution in [1.82, 2.24) is 9.80 Å². The number of nitrogens with zero attached hydrogens (tertiary/aromatic N) is 2. The molecule has 2 amide bonds. The maximum atomic E-state index is 14.1. The highest BCUT2D eigenvalue weighted by Crippen LogP contribution is 2.38. The first-order chi connectivity index (χ1) is 18.1. The maximum absolute atomic E-state index is 14.1. The molecule has 37 heavy (non-hydrogen) atoms. The number of carbonyl (C=O) groups is 2. The molecule has 1 atom stereocenters. The summed E-state index contributed by atoms with van der Waals surface area (Å²) in [4.78, 5) is 31.4. The zero-order valence-electron chi connectivity index (χ0n) is 21.7. The molecular weight excluding hydrogens is 472 g/mol. The van der Waals surface area contributed by atoms with E-state index in [0.717, 1.165) is 43.2 Å². The number of amides is 2. The van der Waals surface area contributed by atoms with E-state index in [2.05, 4.69) is 0 Å². The molecule has 3 aliphatic rings. The highest BCUT2D eigenvalue weighted by atomic mass is 16.7. The molecule has 198 valence electrons. The number of rotatable bonds is 8. The Morgan fingerprint density at radius 3 is 2.49 bits per heavy atom. The fourth-order valence-electron chi connectivity index (χ4n) is 5.55. The van der Waals surface area contributed by atoms with Crippen LogP contribution in [0, 0.1) is 0 Å². The lowest BCUT2D eigenvalue weighted by molar-refractivity contribution is -0.159. The molecule has 0 radical (unpaired) electrons. The maximum Gasteiger partial charge on any atom is 0.250 e. The topological polar surface area (TPSA) is 77.5 Å². The van der Waals surface area contributed by atoms with E-state index in [1.54, 1.807) is 12.0 Å². The Kier molecular flexibility index (Phi) is 7.72.